The predicted molar refractivity (Wildman–Crippen MR) is 123 cm³/mol. The zero-order chi connectivity index (χ0) is 22.7. The molecular formula is C25H24N2O4S. The van der Waals surface area contributed by atoms with Crippen LogP contribution in [0.4, 0.5) is 0 Å². The third kappa shape index (κ3) is 4.43. The normalized spacial score (nSPS) is 16.2. The Kier molecular flexibility index (Phi) is 6.37. The Morgan fingerprint density at radius 1 is 1.22 bits per heavy atom. The maximum absolute atomic E-state index is 13.3. The van der Waals surface area contributed by atoms with Gasteiger partial charge >= 0.3 is 0 Å². The van der Waals surface area contributed by atoms with E-state index in [2.05, 4.69) is 18.8 Å². The Balaban J connectivity index is 1.76. The van der Waals surface area contributed by atoms with E-state index in [9.17, 15) is 14.7 Å². The summed E-state index contributed by atoms with van der Waals surface area (Å²) in [5, 5.41) is 12.6. The first-order valence-electron chi connectivity index (χ1n) is 10.4. The summed E-state index contributed by atoms with van der Waals surface area (Å²) in [6, 6.07) is 13.7. The standard InChI is InChI=1S/C25H24N2O4S/c1-16(2)15-31-19-8-3-7-18(12-19)22-21(23(28)20-9-5-11-32-20)24(29)25(30)27(22)14-17-6-4-10-26-13-17/h3-13,16,22,29H,14-15H2,1-2H3. The highest BCUT2D eigenvalue weighted by molar-refractivity contribution is 7.12. The van der Waals surface area contributed by atoms with E-state index >= 15 is 0 Å². The first-order chi connectivity index (χ1) is 15.5. The number of pyridine rings is 1. The van der Waals surface area contributed by atoms with E-state index in [4.69, 9.17) is 4.74 Å². The Hall–Kier alpha value is -3.45. The van der Waals surface area contributed by atoms with Gasteiger partial charge in [0, 0.05) is 18.9 Å². The number of aromatic nitrogens is 1. The molecule has 0 spiro atoms. The van der Waals surface area contributed by atoms with E-state index in [1.54, 1.807) is 36.0 Å². The van der Waals surface area contributed by atoms with Crippen LogP contribution in [0.25, 0.3) is 0 Å². The molecule has 2 aromatic heterocycles. The molecule has 0 aliphatic carbocycles. The van der Waals surface area contributed by atoms with Crippen LogP contribution < -0.4 is 4.74 Å². The lowest BCUT2D eigenvalue weighted by atomic mass is 9.95. The van der Waals surface area contributed by atoms with E-state index in [1.165, 1.54) is 16.2 Å². The van der Waals surface area contributed by atoms with Gasteiger partial charge in [-0.25, -0.2) is 0 Å². The zero-order valence-corrected chi connectivity index (χ0v) is 18.7. The first kappa shape index (κ1) is 21.8. The highest BCUT2D eigenvalue weighted by atomic mass is 32.1. The highest BCUT2D eigenvalue weighted by Crippen LogP contribution is 2.41. The van der Waals surface area contributed by atoms with Gasteiger partial charge in [-0.2, -0.15) is 0 Å². The van der Waals surface area contributed by atoms with Gasteiger partial charge in [0.1, 0.15) is 5.75 Å². The molecule has 7 heteroatoms. The molecule has 0 saturated carbocycles. The van der Waals surface area contributed by atoms with Gasteiger partial charge in [0.25, 0.3) is 5.91 Å². The number of rotatable bonds is 8. The summed E-state index contributed by atoms with van der Waals surface area (Å²) in [4.78, 5) is 32.5. The van der Waals surface area contributed by atoms with Crippen molar-refractivity contribution in [3.05, 3.63) is 93.6 Å². The fourth-order valence-corrected chi connectivity index (χ4v) is 4.34. The van der Waals surface area contributed by atoms with E-state index in [1.807, 2.05) is 30.3 Å². The molecule has 1 aliphatic heterocycles. The number of nitrogens with zero attached hydrogens (tertiary/aromatic N) is 2. The highest BCUT2D eigenvalue weighted by Gasteiger charge is 2.44. The molecule has 0 fully saturated rings. The zero-order valence-electron chi connectivity index (χ0n) is 17.9. The molecular weight excluding hydrogens is 424 g/mol. The fourth-order valence-electron chi connectivity index (χ4n) is 3.66. The smallest absolute Gasteiger partial charge is 0.290 e. The van der Waals surface area contributed by atoms with Gasteiger partial charge in [-0.05, 0) is 46.7 Å². The van der Waals surface area contributed by atoms with Crippen LogP contribution >= 0.6 is 11.3 Å². The molecule has 1 N–H and O–H groups in total. The summed E-state index contributed by atoms with van der Waals surface area (Å²) >= 11 is 1.28. The monoisotopic (exact) mass is 448 g/mol. The number of amides is 1. The molecule has 4 rings (SSSR count). The number of carbonyl (C=O) groups excluding carboxylic acids is 2. The van der Waals surface area contributed by atoms with Crippen molar-refractivity contribution in [2.45, 2.75) is 26.4 Å². The molecule has 0 radical (unpaired) electrons. The lowest BCUT2D eigenvalue weighted by Gasteiger charge is -2.27. The van der Waals surface area contributed by atoms with Crippen LogP contribution in [0.3, 0.4) is 0 Å². The van der Waals surface area contributed by atoms with Crippen LogP contribution in [-0.2, 0) is 11.3 Å². The maximum atomic E-state index is 13.3. The molecule has 3 heterocycles. The van der Waals surface area contributed by atoms with Crippen molar-refractivity contribution in [3.8, 4) is 5.75 Å². The lowest BCUT2D eigenvalue weighted by Crippen LogP contribution is -2.30. The molecule has 0 bridgehead atoms. The van der Waals surface area contributed by atoms with Gasteiger partial charge in [-0.3, -0.25) is 14.6 Å². The number of ether oxygens (including phenoxy) is 1. The van der Waals surface area contributed by atoms with Crippen LogP contribution in [0.5, 0.6) is 5.75 Å². The number of hydrogen-bond donors (Lipinski definition) is 1. The molecule has 3 aromatic rings. The second kappa shape index (κ2) is 9.36. The Morgan fingerprint density at radius 2 is 2.06 bits per heavy atom. The molecule has 0 saturated heterocycles. The second-order valence-corrected chi connectivity index (χ2v) is 8.99. The minimum Gasteiger partial charge on any atom is -0.503 e. The SMILES string of the molecule is CC(C)COc1cccc(C2C(C(=O)c3cccs3)=C(O)C(=O)N2Cc2cccnc2)c1. The topological polar surface area (TPSA) is 79.7 Å². The summed E-state index contributed by atoms with van der Waals surface area (Å²) in [5.74, 6) is -0.427. The second-order valence-electron chi connectivity index (χ2n) is 8.04. The van der Waals surface area contributed by atoms with E-state index < -0.39 is 17.7 Å². The van der Waals surface area contributed by atoms with Crippen LogP contribution in [-0.4, -0.2) is 33.3 Å². The van der Waals surface area contributed by atoms with Crippen molar-refractivity contribution >= 4 is 23.0 Å². The Morgan fingerprint density at radius 3 is 2.75 bits per heavy atom. The molecule has 1 unspecified atom stereocenters. The summed E-state index contributed by atoms with van der Waals surface area (Å²) in [5.41, 5.74) is 1.59. The average molecular weight is 449 g/mol. The fraction of sp³-hybridized carbons (Fsp3) is 0.240. The van der Waals surface area contributed by atoms with Crippen LogP contribution in [0, 0.1) is 5.92 Å². The lowest BCUT2D eigenvalue weighted by molar-refractivity contribution is -0.130. The van der Waals surface area contributed by atoms with Crippen LogP contribution in [0.2, 0.25) is 0 Å². The largest absolute Gasteiger partial charge is 0.503 e. The van der Waals surface area contributed by atoms with E-state index in [0.29, 0.717) is 28.7 Å². The van der Waals surface area contributed by atoms with Crippen LogP contribution in [0.1, 0.15) is 40.7 Å². The number of hydrogen-bond acceptors (Lipinski definition) is 6. The molecule has 164 valence electrons. The van der Waals surface area contributed by atoms with Crippen molar-refractivity contribution in [2.24, 2.45) is 5.92 Å². The Labute approximate surface area is 190 Å². The average Bonchev–Trinajstić information content (AvgIpc) is 3.42. The summed E-state index contributed by atoms with van der Waals surface area (Å²) in [6.07, 6.45) is 3.33. The van der Waals surface area contributed by atoms with Crippen molar-refractivity contribution in [3.63, 3.8) is 0 Å². The van der Waals surface area contributed by atoms with Gasteiger partial charge in [-0.15, -0.1) is 11.3 Å². The Bertz CT molecular complexity index is 1140. The number of Topliss-reactive ketones (excluding diaryl/α,β-unsaturated/α-hetero) is 1. The predicted octanol–water partition coefficient (Wildman–Crippen LogP) is 4.96. The van der Waals surface area contributed by atoms with Crippen molar-refractivity contribution in [1.82, 2.24) is 9.88 Å². The number of benzene rings is 1. The number of aliphatic hydroxyl groups is 1. The number of ketones is 1. The minimum absolute atomic E-state index is 0.0855. The van der Waals surface area contributed by atoms with Crippen molar-refractivity contribution in [1.29, 1.82) is 0 Å². The first-order valence-corrected chi connectivity index (χ1v) is 11.3. The number of aliphatic hydroxyl groups excluding tert-OH is 1. The van der Waals surface area contributed by atoms with Gasteiger partial charge in [0.2, 0.25) is 5.78 Å². The third-order valence-electron chi connectivity index (χ3n) is 5.13. The van der Waals surface area contributed by atoms with Gasteiger partial charge < -0.3 is 14.7 Å². The van der Waals surface area contributed by atoms with E-state index in [-0.39, 0.29) is 17.9 Å². The maximum Gasteiger partial charge on any atom is 0.290 e. The molecule has 1 aliphatic rings. The van der Waals surface area contributed by atoms with Gasteiger partial charge in [0.05, 0.1) is 23.1 Å². The molecule has 32 heavy (non-hydrogen) atoms. The quantitative estimate of drug-likeness (QED) is 0.493. The summed E-state index contributed by atoms with van der Waals surface area (Å²) in [6.45, 7) is 4.88. The number of thiophene rings is 1. The van der Waals surface area contributed by atoms with Gasteiger partial charge in [0.15, 0.2) is 5.76 Å². The molecule has 1 aromatic carbocycles. The molecule has 1 atom stereocenters. The van der Waals surface area contributed by atoms with Crippen LogP contribution in [0.15, 0.2) is 77.6 Å². The van der Waals surface area contributed by atoms with Crippen molar-refractivity contribution in [2.75, 3.05) is 6.61 Å². The molecule has 1 amide bonds. The molecule has 6 nitrogen and oxygen atoms in total. The van der Waals surface area contributed by atoms with Crippen molar-refractivity contribution < 1.29 is 19.4 Å². The summed E-state index contributed by atoms with van der Waals surface area (Å²) < 4.78 is 5.87. The minimum atomic E-state index is -0.736. The number of carbonyl (C=O) groups is 2. The summed E-state index contributed by atoms with van der Waals surface area (Å²) in [7, 11) is 0. The van der Waals surface area contributed by atoms with E-state index in [0.717, 1.165) is 5.56 Å². The van der Waals surface area contributed by atoms with Gasteiger partial charge in [-0.1, -0.05) is 38.1 Å². The third-order valence-corrected chi connectivity index (χ3v) is 5.99.